The van der Waals surface area contributed by atoms with Gasteiger partial charge in [-0.2, -0.15) is 0 Å². The molecule has 0 aromatic heterocycles. The molecule has 0 aromatic carbocycles. The highest BCUT2D eigenvalue weighted by atomic mass is 15.0. The van der Waals surface area contributed by atoms with E-state index in [0.29, 0.717) is 6.54 Å². The van der Waals surface area contributed by atoms with Crippen LogP contribution in [0.1, 0.15) is 6.92 Å². The molecule has 9 heavy (non-hydrogen) atoms. The highest BCUT2D eigenvalue weighted by Crippen LogP contribution is 1.78. The van der Waals surface area contributed by atoms with Gasteiger partial charge in [-0.25, -0.2) is 0 Å². The summed E-state index contributed by atoms with van der Waals surface area (Å²) in [7, 11) is 1.71. The Balaban J connectivity index is 3.60. The number of nitrogens with zero attached hydrogens (tertiary/aromatic N) is 1. The monoisotopic (exact) mass is 127 g/mol. The van der Waals surface area contributed by atoms with Crippen molar-refractivity contribution in [3.63, 3.8) is 0 Å². The third kappa shape index (κ3) is 3.73. The van der Waals surface area contributed by atoms with Crippen molar-refractivity contribution in [1.82, 2.24) is 5.32 Å². The fourth-order valence-electron chi connectivity index (χ4n) is 0.363. The van der Waals surface area contributed by atoms with Crippen molar-refractivity contribution in [3.05, 3.63) is 12.3 Å². The van der Waals surface area contributed by atoms with Gasteiger partial charge >= 0.3 is 0 Å². The van der Waals surface area contributed by atoms with Crippen LogP contribution in [0.25, 0.3) is 0 Å². The van der Waals surface area contributed by atoms with Crippen molar-refractivity contribution in [3.8, 4) is 0 Å². The highest BCUT2D eigenvalue weighted by molar-refractivity contribution is 5.80. The van der Waals surface area contributed by atoms with E-state index in [4.69, 9.17) is 5.73 Å². The van der Waals surface area contributed by atoms with Gasteiger partial charge in [-0.1, -0.05) is 6.58 Å². The molecule has 0 fully saturated rings. The summed E-state index contributed by atoms with van der Waals surface area (Å²) < 4.78 is 0. The van der Waals surface area contributed by atoms with E-state index in [1.165, 1.54) is 0 Å². The Kier molecular flexibility index (Phi) is 3.71. The molecular weight excluding hydrogens is 114 g/mol. The molecule has 3 heteroatoms. The SMILES string of the molecule is C=C(CN)NC(C)=NC. The van der Waals surface area contributed by atoms with Crippen molar-refractivity contribution >= 4 is 5.84 Å². The molecule has 0 rings (SSSR count). The summed E-state index contributed by atoms with van der Waals surface area (Å²) in [5, 5.41) is 2.91. The van der Waals surface area contributed by atoms with Gasteiger partial charge < -0.3 is 11.1 Å². The van der Waals surface area contributed by atoms with Gasteiger partial charge in [-0.3, -0.25) is 4.99 Å². The number of amidine groups is 1. The molecule has 0 heterocycles. The zero-order chi connectivity index (χ0) is 7.28. The number of nitrogens with two attached hydrogens (primary N) is 1. The van der Waals surface area contributed by atoms with Crippen LogP contribution in [0.5, 0.6) is 0 Å². The average molecular weight is 127 g/mol. The molecule has 3 nitrogen and oxygen atoms in total. The number of rotatable bonds is 2. The summed E-state index contributed by atoms with van der Waals surface area (Å²) in [5.41, 5.74) is 6.05. The van der Waals surface area contributed by atoms with Crippen molar-refractivity contribution in [2.24, 2.45) is 10.7 Å². The molecular formula is C6H13N3. The topological polar surface area (TPSA) is 50.4 Å². The Morgan fingerprint density at radius 3 is 2.67 bits per heavy atom. The van der Waals surface area contributed by atoms with Crippen LogP contribution >= 0.6 is 0 Å². The second-order valence-electron chi connectivity index (χ2n) is 1.74. The zero-order valence-corrected chi connectivity index (χ0v) is 5.94. The lowest BCUT2D eigenvalue weighted by molar-refractivity contribution is 1.01. The predicted octanol–water partition coefficient (Wildman–Crippen LogP) is 0.0966. The van der Waals surface area contributed by atoms with Gasteiger partial charge in [0.05, 0.1) is 5.84 Å². The number of hydrogen-bond acceptors (Lipinski definition) is 2. The van der Waals surface area contributed by atoms with Gasteiger partial charge in [0.15, 0.2) is 0 Å². The maximum Gasteiger partial charge on any atom is 0.0969 e. The van der Waals surface area contributed by atoms with E-state index in [1.807, 2.05) is 6.92 Å². The molecule has 0 radical (unpaired) electrons. The Morgan fingerprint density at radius 2 is 2.33 bits per heavy atom. The van der Waals surface area contributed by atoms with Gasteiger partial charge in [0.2, 0.25) is 0 Å². The van der Waals surface area contributed by atoms with Crippen molar-refractivity contribution < 1.29 is 0 Å². The molecule has 3 N–H and O–H groups in total. The normalized spacial score (nSPS) is 11.2. The van der Waals surface area contributed by atoms with Crippen molar-refractivity contribution in [2.75, 3.05) is 13.6 Å². The van der Waals surface area contributed by atoms with E-state index in [9.17, 15) is 0 Å². The van der Waals surface area contributed by atoms with Crippen LogP contribution in [0.4, 0.5) is 0 Å². The first kappa shape index (κ1) is 8.17. The minimum Gasteiger partial charge on any atom is -0.347 e. The molecule has 0 saturated carbocycles. The third-order valence-corrected chi connectivity index (χ3v) is 0.939. The van der Waals surface area contributed by atoms with Gasteiger partial charge in [-0.05, 0) is 6.92 Å². The number of aliphatic imine (C=N–C) groups is 1. The molecule has 0 bridgehead atoms. The summed E-state index contributed by atoms with van der Waals surface area (Å²) in [4.78, 5) is 3.87. The highest BCUT2D eigenvalue weighted by Gasteiger charge is 1.88. The smallest absolute Gasteiger partial charge is 0.0969 e. The summed E-state index contributed by atoms with van der Waals surface area (Å²) >= 11 is 0. The maximum atomic E-state index is 5.26. The Bertz CT molecular complexity index is 126. The molecule has 0 spiro atoms. The van der Waals surface area contributed by atoms with Gasteiger partial charge in [-0.15, -0.1) is 0 Å². The van der Waals surface area contributed by atoms with E-state index >= 15 is 0 Å². The molecule has 0 atom stereocenters. The van der Waals surface area contributed by atoms with Crippen LogP contribution in [0, 0.1) is 0 Å². The number of nitrogens with one attached hydrogen (secondary N) is 1. The van der Waals surface area contributed by atoms with Crippen molar-refractivity contribution in [1.29, 1.82) is 0 Å². The molecule has 0 aliphatic carbocycles. The van der Waals surface area contributed by atoms with Crippen LogP contribution in [0.15, 0.2) is 17.3 Å². The van der Waals surface area contributed by atoms with Crippen molar-refractivity contribution in [2.45, 2.75) is 6.92 Å². The number of hydrogen-bond donors (Lipinski definition) is 2. The summed E-state index contributed by atoms with van der Waals surface area (Å²) in [6.45, 7) is 5.96. The van der Waals surface area contributed by atoms with Gasteiger partial charge in [0.1, 0.15) is 0 Å². The van der Waals surface area contributed by atoms with Gasteiger partial charge in [0, 0.05) is 19.3 Å². The molecule has 0 aliphatic rings. The van der Waals surface area contributed by atoms with Crippen LogP contribution < -0.4 is 11.1 Å². The molecule has 0 unspecified atom stereocenters. The Morgan fingerprint density at radius 1 is 1.78 bits per heavy atom. The van der Waals surface area contributed by atoms with Crippen LogP contribution in [0.2, 0.25) is 0 Å². The van der Waals surface area contributed by atoms with Crippen LogP contribution in [-0.4, -0.2) is 19.4 Å². The summed E-state index contributed by atoms with van der Waals surface area (Å²) in [5.74, 6) is 0.838. The van der Waals surface area contributed by atoms with Crippen LogP contribution in [-0.2, 0) is 0 Å². The zero-order valence-electron chi connectivity index (χ0n) is 5.94. The molecule has 0 aliphatic heterocycles. The van der Waals surface area contributed by atoms with E-state index < -0.39 is 0 Å². The standard InChI is InChI=1S/C6H13N3/c1-5(4-7)9-6(2)8-3/h1,4,7H2,2-3H3,(H,8,9). The Labute approximate surface area is 55.7 Å². The van der Waals surface area contributed by atoms with E-state index in [1.54, 1.807) is 7.05 Å². The van der Waals surface area contributed by atoms with Gasteiger partial charge in [0.25, 0.3) is 0 Å². The van der Waals surface area contributed by atoms with E-state index in [-0.39, 0.29) is 0 Å². The van der Waals surface area contributed by atoms with Crippen LogP contribution in [0.3, 0.4) is 0 Å². The first-order chi connectivity index (χ1) is 4.20. The first-order valence-corrected chi connectivity index (χ1v) is 2.79. The molecule has 0 aromatic rings. The third-order valence-electron chi connectivity index (χ3n) is 0.939. The molecule has 52 valence electrons. The second kappa shape index (κ2) is 4.09. The second-order valence-corrected chi connectivity index (χ2v) is 1.74. The summed E-state index contributed by atoms with van der Waals surface area (Å²) in [6, 6.07) is 0. The largest absolute Gasteiger partial charge is 0.347 e. The fourth-order valence-corrected chi connectivity index (χ4v) is 0.363. The minimum atomic E-state index is 0.451. The summed E-state index contributed by atoms with van der Waals surface area (Å²) in [6.07, 6.45) is 0. The fraction of sp³-hybridized carbons (Fsp3) is 0.500. The lowest BCUT2D eigenvalue weighted by Gasteiger charge is -2.03. The maximum absolute atomic E-state index is 5.26. The first-order valence-electron chi connectivity index (χ1n) is 2.79. The average Bonchev–Trinajstić information content (AvgIpc) is 1.87. The molecule has 0 amide bonds. The predicted molar refractivity (Wildman–Crippen MR) is 40.4 cm³/mol. The quantitative estimate of drug-likeness (QED) is 0.408. The van der Waals surface area contributed by atoms with E-state index in [2.05, 4.69) is 16.9 Å². The Hall–Kier alpha value is -0.830. The van der Waals surface area contributed by atoms with E-state index in [0.717, 1.165) is 11.5 Å². The minimum absolute atomic E-state index is 0.451. The lowest BCUT2D eigenvalue weighted by Crippen LogP contribution is -2.23. The lowest BCUT2D eigenvalue weighted by atomic mass is 10.5. The molecule has 0 saturated heterocycles.